The van der Waals surface area contributed by atoms with Gasteiger partial charge in [0, 0.05) is 26.0 Å². The Balaban J connectivity index is 1.92. The Morgan fingerprint density at radius 3 is 2.37 bits per heavy atom. The molecule has 0 atom stereocenters. The number of hydrogen-bond acceptors (Lipinski definition) is 2. The Morgan fingerprint density at radius 2 is 1.84 bits per heavy atom. The fourth-order valence-corrected chi connectivity index (χ4v) is 2.60. The molecule has 1 N–H and O–H groups in total. The molecule has 0 unspecified atom stereocenters. The van der Waals surface area contributed by atoms with Crippen molar-refractivity contribution in [2.45, 2.75) is 25.9 Å². The third-order valence-electron chi connectivity index (χ3n) is 3.06. The molecule has 3 nitrogen and oxygen atoms in total. The van der Waals surface area contributed by atoms with Gasteiger partial charge in [-0.1, -0.05) is 24.3 Å². The van der Waals surface area contributed by atoms with Crippen LogP contribution >= 0.6 is 27.5 Å². The lowest BCUT2D eigenvalue weighted by Gasteiger charge is -2.07. The lowest BCUT2D eigenvalue weighted by molar-refractivity contribution is 0.623. The number of aromatic nitrogens is 2. The second kappa shape index (κ2) is 6.55. The van der Waals surface area contributed by atoms with Gasteiger partial charge >= 0.3 is 0 Å². The van der Waals surface area contributed by atoms with Crippen molar-refractivity contribution in [1.29, 1.82) is 0 Å². The van der Waals surface area contributed by atoms with E-state index in [9.17, 15) is 0 Å². The van der Waals surface area contributed by atoms with Crippen LogP contribution in [-0.2, 0) is 26.0 Å². The minimum Gasteiger partial charge on any atom is -0.307 e. The molecule has 0 fully saturated rings. The van der Waals surface area contributed by atoms with Crippen molar-refractivity contribution < 1.29 is 0 Å². The van der Waals surface area contributed by atoms with E-state index in [1.165, 1.54) is 5.56 Å². The standard InChI is InChI=1S/C14H17BrClN3/c1-10-14(15)13(19(2)18-10)9-17-8-12-5-3-11(7-16)4-6-12/h3-6,17H,7-9H2,1-2H3. The number of halogens is 2. The van der Waals surface area contributed by atoms with Crippen LogP contribution in [-0.4, -0.2) is 9.78 Å². The number of hydrogen-bond donors (Lipinski definition) is 1. The van der Waals surface area contributed by atoms with E-state index < -0.39 is 0 Å². The number of nitrogens with zero attached hydrogens (tertiary/aromatic N) is 2. The van der Waals surface area contributed by atoms with Crippen LogP contribution in [0.3, 0.4) is 0 Å². The fraction of sp³-hybridized carbons (Fsp3) is 0.357. The zero-order chi connectivity index (χ0) is 13.8. The van der Waals surface area contributed by atoms with E-state index in [1.54, 1.807) is 0 Å². The van der Waals surface area contributed by atoms with Gasteiger partial charge in [-0.2, -0.15) is 5.10 Å². The largest absolute Gasteiger partial charge is 0.307 e. The molecule has 0 aliphatic heterocycles. The molecule has 0 saturated carbocycles. The molecule has 1 aromatic carbocycles. The first-order valence-corrected chi connectivity index (χ1v) is 7.47. The van der Waals surface area contributed by atoms with Crippen LogP contribution in [0.15, 0.2) is 28.7 Å². The Labute approximate surface area is 127 Å². The minimum absolute atomic E-state index is 0.564. The maximum atomic E-state index is 5.77. The van der Waals surface area contributed by atoms with Gasteiger partial charge in [0.15, 0.2) is 0 Å². The van der Waals surface area contributed by atoms with E-state index in [0.29, 0.717) is 5.88 Å². The molecule has 5 heteroatoms. The Kier molecular flexibility index (Phi) is 5.02. The van der Waals surface area contributed by atoms with E-state index in [-0.39, 0.29) is 0 Å². The van der Waals surface area contributed by atoms with Gasteiger partial charge in [-0.3, -0.25) is 4.68 Å². The molecule has 0 bridgehead atoms. The van der Waals surface area contributed by atoms with Crippen LogP contribution < -0.4 is 5.32 Å². The summed E-state index contributed by atoms with van der Waals surface area (Å²) in [4.78, 5) is 0. The first-order valence-electron chi connectivity index (χ1n) is 6.14. The summed E-state index contributed by atoms with van der Waals surface area (Å²) >= 11 is 9.34. The average molecular weight is 343 g/mol. The highest BCUT2D eigenvalue weighted by Crippen LogP contribution is 2.19. The van der Waals surface area contributed by atoms with Crippen LogP contribution in [0.2, 0.25) is 0 Å². The Hall–Kier alpha value is -0.840. The average Bonchev–Trinajstić information content (AvgIpc) is 2.66. The second-order valence-electron chi connectivity index (χ2n) is 4.52. The molecular weight excluding hydrogens is 326 g/mol. The zero-order valence-corrected chi connectivity index (χ0v) is 13.4. The molecule has 1 aromatic heterocycles. The SMILES string of the molecule is Cc1nn(C)c(CNCc2ccc(CCl)cc2)c1Br. The van der Waals surface area contributed by atoms with Gasteiger partial charge in [-0.15, -0.1) is 11.6 Å². The molecule has 0 aliphatic carbocycles. The van der Waals surface area contributed by atoms with Crippen LogP contribution in [0.25, 0.3) is 0 Å². The van der Waals surface area contributed by atoms with Crippen molar-refractivity contribution in [2.24, 2.45) is 7.05 Å². The van der Waals surface area contributed by atoms with E-state index in [2.05, 4.69) is 50.6 Å². The lowest BCUT2D eigenvalue weighted by atomic mass is 10.1. The van der Waals surface area contributed by atoms with Gasteiger partial charge in [0.05, 0.1) is 15.9 Å². The van der Waals surface area contributed by atoms with Crippen molar-refractivity contribution in [3.05, 3.63) is 51.3 Å². The first kappa shape index (κ1) is 14.6. The highest BCUT2D eigenvalue weighted by atomic mass is 79.9. The number of alkyl halides is 1. The molecular formula is C14H17BrClN3. The van der Waals surface area contributed by atoms with Crippen molar-refractivity contribution in [3.63, 3.8) is 0 Å². The Morgan fingerprint density at radius 1 is 1.21 bits per heavy atom. The lowest BCUT2D eigenvalue weighted by Crippen LogP contribution is -2.15. The highest BCUT2D eigenvalue weighted by molar-refractivity contribution is 9.10. The van der Waals surface area contributed by atoms with Crippen molar-refractivity contribution >= 4 is 27.5 Å². The summed E-state index contributed by atoms with van der Waals surface area (Å²) in [5.41, 5.74) is 4.58. The van der Waals surface area contributed by atoms with Gasteiger partial charge in [-0.25, -0.2) is 0 Å². The third kappa shape index (κ3) is 3.59. The smallest absolute Gasteiger partial charge is 0.0739 e. The molecule has 2 rings (SSSR count). The summed E-state index contributed by atoms with van der Waals surface area (Å²) in [6, 6.07) is 8.34. The molecule has 0 spiro atoms. The van der Waals surface area contributed by atoms with Crippen LogP contribution in [0.5, 0.6) is 0 Å². The maximum absolute atomic E-state index is 5.77. The van der Waals surface area contributed by atoms with Gasteiger partial charge in [0.25, 0.3) is 0 Å². The predicted molar refractivity (Wildman–Crippen MR) is 82.2 cm³/mol. The van der Waals surface area contributed by atoms with Gasteiger partial charge in [-0.05, 0) is 34.0 Å². The summed E-state index contributed by atoms with van der Waals surface area (Å²) < 4.78 is 2.99. The third-order valence-corrected chi connectivity index (χ3v) is 4.40. The summed E-state index contributed by atoms with van der Waals surface area (Å²) in [5, 5.41) is 7.80. The molecule has 0 aliphatic rings. The van der Waals surface area contributed by atoms with E-state index >= 15 is 0 Å². The molecule has 2 aromatic rings. The number of nitrogens with one attached hydrogen (secondary N) is 1. The summed E-state index contributed by atoms with van der Waals surface area (Å²) in [6.45, 7) is 3.62. The topological polar surface area (TPSA) is 29.9 Å². The van der Waals surface area contributed by atoms with E-state index in [1.807, 2.05) is 18.7 Å². The Bertz CT molecular complexity index is 549. The van der Waals surface area contributed by atoms with Crippen molar-refractivity contribution in [2.75, 3.05) is 0 Å². The van der Waals surface area contributed by atoms with Gasteiger partial charge < -0.3 is 5.32 Å². The molecule has 102 valence electrons. The molecule has 0 amide bonds. The van der Waals surface area contributed by atoms with Crippen LogP contribution in [0.4, 0.5) is 0 Å². The number of benzene rings is 1. The number of aryl methyl sites for hydroxylation is 2. The summed E-state index contributed by atoms with van der Waals surface area (Å²) in [6.07, 6.45) is 0. The maximum Gasteiger partial charge on any atom is 0.0739 e. The zero-order valence-electron chi connectivity index (χ0n) is 11.1. The highest BCUT2D eigenvalue weighted by Gasteiger charge is 2.09. The molecule has 1 heterocycles. The number of rotatable bonds is 5. The van der Waals surface area contributed by atoms with Crippen molar-refractivity contribution in [1.82, 2.24) is 15.1 Å². The van der Waals surface area contributed by atoms with E-state index in [4.69, 9.17) is 11.6 Å². The first-order chi connectivity index (χ1) is 9.11. The monoisotopic (exact) mass is 341 g/mol. The van der Waals surface area contributed by atoms with Gasteiger partial charge in [0.1, 0.15) is 0 Å². The molecule has 0 saturated heterocycles. The van der Waals surface area contributed by atoms with Gasteiger partial charge in [0.2, 0.25) is 0 Å². The normalized spacial score (nSPS) is 10.9. The molecule has 19 heavy (non-hydrogen) atoms. The van der Waals surface area contributed by atoms with Crippen molar-refractivity contribution in [3.8, 4) is 0 Å². The van der Waals surface area contributed by atoms with Crippen LogP contribution in [0.1, 0.15) is 22.5 Å². The summed E-state index contributed by atoms with van der Waals surface area (Å²) in [5.74, 6) is 0.564. The second-order valence-corrected chi connectivity index (χ2v) is 5.58. The minimum atomic E-state index is 0.564. The fourth-order valence-electron chi connectivity index (χ4n) is 1.94. The van der Waals surface area contributed by atoms with Crippen LogP contribution in [0, 0.1) is 6.92 Å². The molecule has 0 radical (unpaired) electrons. The van der Waals surface area contributed by atoms with E-state index in [0.717, 1.165) is 34.5 Å². The quantitative estimate of drug-likeness (QED) is 0.843. The summed E-state index contributed by atoms with van der Waals surface area (Å²) in [7, 11) is 1.96. The predicted octanol–water partition coefficient (Wildman–Crippen LogP) is 3.52.